The molecule has 0 radical (unpaired) electrons. The van der Waals surface area contributed by atoms with Crippen LogP contribution in [0.15, 0.2) is 22.7 Å². The van der Waals surface area contributed by atoms with E-state index in [2.05, 4.69) is 34.2 Å². The molecule has 3 unspecified atom stereocenters. The third-order valence-electron chi connectivity index (χ3n) is 5.07. The SMILES string of the molecule is CC1CCC(CNC2CC2)C(Cc2cc(F)cc(Br)c2)C1. The Morgan fingerprint density at radius 3 is 2.67 bits per heavy atom. The van der Waals surface area contributed by atoms with Gasteiger partial charge in [-0.15, -0.1) is 0 Å². The molecule has 1 N–H and O–H groups in total. The third-order valence-corrected chi connectivity index (χ3v) is 5.53. The lowest BCUT2D eigenvalue weighted by molar-refractivity contribution is 0.183. The minimum absolute atomic E-state index is 0.129. The van der Waals surface area contributed by atoms with E-state index in [1.54, 1.807) is 12.1 Å². The Morgan fingerprint density at radius 1 is 1.14 bits per heavy atom. The first-order chi connectivity index (χ1) is 10.1. The highest BCUT2D eigenvalue weighted by Crippen LogP contribution is 2.36. The van der Waals surface area contributed by atoms with Crippen molar-refractivity contribution in [1.82, 2.24) is 5.32 Å². The largest absolute Gasteiger partial charge is 0.314 e. The summed E-state index contributed by atoms with van der Waals surface area (Å²) in [6.07, 6.45) is 7.67. The lowest BCUT2D eigenvalue weighted by atomic mass is 9.72. The van der Waals surface area contributed by atoms with Crippen LogP contribution in [-0.4, -0.2) is 12.6 Å². The maximum atomic E-state index is 13.6. The zero-order valence-corrected chi connectivity index (χ0v) is 14.3. The van der Waals surface area contributed by atoms with Gasteiger partial charge in [-0.2, -0.15) is 0 Å². The fraction of sp³-hybridized carbons (Fsp3) is 0.667. The van der Waals surface area contributed by atoms with Gasteiger partial charge in [0.05, 0.1) is 0 Å². The van der Waals surface area contributed by atoms with Gasteiger partial charge < -0.3 is 5.32 Å². The van der Waals surface area contributed by atoms with Crippen LogP contribution in [0.2, 0.25) is 0 Å². The van der Waals surface area contributed by atoms with Crippen LogP contribution < -0.4 is 5.32 Å². The zero-order valence-electron chi connectivity index (χ0n) is 12.7. The maximum Gasteiger partial charge on any atom is 0.124 e. The van der Waals surface area contributed by atoms with E-state index in [1.807, 2.05) is 0 Å². The lowest BCUT2D eigenvalue weighted by Gasteiger charge is -2.35. The number of hydrogen-bond acceptors (Lipinski definition) is 1. The monoisotopic (exact) mass is 353 g/mol. The molecule has 2 aliphatic carbocycles. The molecule has 3 heteroatoms. The molecular formula is C18H25BrFN. The van der Waals surface area contributed by atoms with E-state index in [1.165, 1.54) is 32.1 Å². The summed E-state index contributed by atoms with van der Waals surface area (Å²) >= 11 is 3.41. The molecule has 0 bridgehead atoms. The average Bonchev–Trinajstić information content (AvgIpc) is 3.20. The van der Waals surface area contributed by atoms with Crippen molar-refractivity contribution in [3.8, 4) is 0 Å². The van der Waals surface area contributed by atoms with Crippen LogP contribution in [-0.2, 0) is 6.42 Å². The van der Waals surface area contributed by atoms with Gasteiger partial charge in [-0.05, 0) is 80.2 Å². The second-order valence-electron chi connectivity index (χ2n) is 7.10. The Bertz CT molecular complexity index is 466. The third kappa shape index (κ3) is 4.53. The number of nitrogens with one attached hydrogen (secondary N) is 1. The number of benzene rings is 1. The minimum atomic E-state index is -0.129. The molecule has 2 saturated carbocycles. The van der Waals surface area contributed by atoms with Crippen LogP contribution in [0.4, 0.5) is 4.39 Å². The van der Waals surface area contributed by atoms with Crippen molar-refractivity contribution in [2.24, 2.45) is 17.8 Å². The van der Waals surface area contributed by atoms with Crippen molar-refractivity contribution in [2.45, 2.75) is 51.5 Å². The summed E-state index contributed by atoms with van der Waals surface area (Å²) in [4.78, 5) is 0. The first kappa shape index (κ1) is 15.5. The van der Waals surface area contributed by atoms with Gasteiger partial charge in [0.15, 0.2) is 0 Å². The van der Waals surface area contributed by atoms with Gasteiger partial charge in [0.25, 0.3) is 0 Å². The van der Waals surface area contributed by atoms with Crippen LogP contribution in [0.1, 0.15) is 44.6 Å². The topological polar surface area (TPSA) is 12.0 Å². The highest BCUT2D eigenvalue weighted by Gasteiger charge is 2.30. The fourth-order valence-corrected chi connectivity index (χ4v) is 4.23. The summed E-state index contributed by atoms with van der Waals surface area (Å²) in [7, 11) is 0. The van der Waals surface area contributed by atoms with Gasteiger partial charge in [-0.1, -0.05) is 29.3 Å². The molecule has 2 aliphatic rings. The molecule has 3 rings (SSSR count). The predicted octanol–water partition coefficient (Wildman–Crippen LogP) is 4.94. The van der Waals surface area contributed by atoms with E-state index in [4.69, 9.17) is 0 Å². The Hall–Kier alpha value is -0.410. The smallest absolute Gasteiger partial charge is 0.124 e. The number of rotatable bonds is 5. The van der Waals surface area contributed by atoms with E-state index >= 15 is 0 Å². The molecule has 116 valence electrons. The van der Waals surface area contributed by atoms with E-state index in [-0.39, 0.29) is 5.82 Å². The second kappa shape index (κ2) is 6.78. The Balaban J connectivity index is 1.65. The van der Waals surface area contributed by atoms with Crippen LogP contribution >= 0.6 is 15.9 Å². The highest BCUT2D eigenvalue weighted by atomic mass is 79.9. The molecule has 0 saturated heterocycles. The van der Waals surface area contributed by atoms with Crippen molar-refractivity contribution in [3.63, 3.8) is 0 Å². The van der Waals surface area contributed by atoms with Gasteiger partial charge >= 0.3 is 0 Å². The molecule has 0 aromatic heterocycles. The molecule has 0 amide bonds. The molecule has 1 nitrogen and oxygen atoms in total. The summed E-state index contributed by atoms with van der Waals surface area (Å²) in [5.41, 5.74) is 1.14. The van der Waals surface area contributed by atoms with Crippen LogP contribution in [0.25, 0.3) is 0 Å². The Kier molecular flexibility index (Phi) is 5.00. The quantitative estimate of drug-likeness (QED) is 0.790. The van der Waals surface area contributed by atoms with Crippen LogP contribution in [0.3, 0.4) is 0 Å². The molecule has 1 aromatic rings. The first-order valence-electron chi connectivity index (χ1n) is 8.28. The van der Waals surface area contributed by atoms with E-state index in [9.17, 15) is 4.39 Å². The minimum Gasteiger partial charge on any atom is -0.314 e. The van der Waals surface area contributed by atoms with Gasteiger partial charge in [0, 0.05) is 10.5 Å². The standard InChI is InChI=1S/C18H25BrFN/c1-12-2-3-14(11-21-18-4-5-18)15(6-12)7-13-8-16(19)10-17(20)9-13/h8-10,12,14-15,18,21H,2-7,11H2,1H3. The molecule has 2 fully saturated rings. The van der Waals surface area contributed by atoms with Crippen molar-refractivity contribution < 1.29 is 4.39 Å². The summed E-state index contributed by atoms with van der Waals surface area (Å²) in [5.74, 6) is 2.12. The van der Waals surface area contributed by atoms with Gasteiger partial charge in [-0.3, -0.25) is 0 Å². The molecule has 0 aliphatic heterocycles. The van der Waals surface area contributed by atoms with E-state index in [0.717, 1.165) is 40.9 Å². The van der Waals surface area contributed by atoms with Crippen LogP contribution in [0, 0.1) is 23.6 Å². The summed E-state index contributed by atoms with van der Waals surface area (Å²) in [5, 5.41) is 3.70. The van der Waals surface area contributed by atoms with Crippen molar-refractivity contribution >= 4 is 15.9 Å². The zero-order chi connectivity index (χ0) is 14.8. The number of halogens is 2. The van der Waals surface area contributed by atoms with E-state index < -0.39 is 0 Å². The Morgan fingerprint density at radius 2 is 1.95 bits per heavy atom. The van der Waals surface area contributed by atoms with Gasteiger partial charge in [-0.25, -0.2) is 4.39 Å². The molecule has 1 aromatic carbocycles. The summed E-state index contributed by atoms with van der Waals surface area (Å²) in [6.45, 7) is 3.51. The average molecular weight is 354 g/mol. The Labute approximate surface area is 135 Å². The second-order valence-corrected chi connectivity index (χ2v) is 8.02. The molecule has 3 atom stereocenters. The highest BCUT2D eigenvalue weighted by molar-refractivity contribution is 9.10. The molecule has 21 heavy (non-hydrogen) atoms. The number of hydrogen-bond donors (Lipinski definition) is 1. The van der Waals surface area contributed by atoms with Crippen molar-refractivity contribution in [1.29, 1.82) is 0 Å². The van der Waals surface area contributed by atoms with Crippen LogP contribution in [0.5, 0.6) is 0 Å². The van der Waals surface area contributed by atoms with Crippen molar-refractivity contribution in [3.05, 3.63) is 34.1 Å². The van der Waals surface area contributed by atoms with Crippen molar-refractivity contribution in [2.75, 3.05) is 6.54 Å². The van der Waals surface area contributed by atoms with Gasteiger partial charge in [0.1, 0.15) is 5.82 Å². The molecule has 0 heterocycles. The first-order valence-corrected chi connectivity index (χ1v) is 9.08. The molecule has 0 spiro atoms. The maximum absolute atomic E-state index is 13.6. The van der Waals surface area contributed by atoms with Gasteiger partial charge in [0.2, 0.25) is 0 Å². The van der Waals surface area contributed by atoms with E-state index in [0.29, 0.717) is 5.92 Å². The lowest BCUT2D eigenvalue weighted by Crippen LogP contribution is -2.34. The fourth-order valence-electron chi connectivity index (χ4n) is 3.72. The normalized spacial score (nSPS) is 29.6. The predicted molar refractivity (Wildman–Crippen MR) is 88.8 cm³/mol. The molecular weight excluding hydrogens is 329 g/mol. The summed E-state index contributed by atoms with van der Waals surface area (Å²) in [6, 6.07) is 6.11. The summed E-state index contributed by atoms with van der Waals surface area (Å²) < 4.78 is 14.4.